The third-order valence-corrected chi connectivity index (χ3v) is 6.21. The lowest BCUT2D eigenvalue weighted by Crippen LogP contribution is -2.30. The van der Waals surface area contributed by atoms with Gasteiger partial charge in [-0.3, -0.25) is 0 Å². The van der Waals surface area contributed by atoms with Crippen LogP contribution in [0.15, 0.2) is 23.8 Å². The van der Waals surface area contributed by atoms with Crippen LogP contribution in [-0.2, 0) is 12.8 Å². The van der Waals surface area contributed by atoms with Crippen molar-refractivity contribution in [3.63, 3.8) is 0 Å². The molecular weight excluding hydrogens is 352 g/mol. The van der Waals surface area contributed by atoms with E-state index in [1.165, 1.54) is 24.8 Å². The topological polar surface area (TPSA) is 3.24 Å². The first-order chi connectivity index (χ1) is 13.2. The molecule has 0 radical (unpaired) electrons. The summed E-state index contributed by atoms with van der Waals surface area (Å²) < 4.78 is 29.5. The van der Waals surface area contributed by atoms with Gasteiger partial charge in [0.05, 0.1) is 0 Å². The van der Waals surface area contributed by atoms with E-state index in [2.05, 4.69) is 45.6 Å². The van der Waals surface area contributed by atoms with E-state index in [1.54, 1.807) is 6.07 Å². The van der Waals surface area contributed by atoms with Gasteiger partial charge in [0.15, 0.2) is 11.6 Å². The summed E-state index contributed by atoms with van der Waals surface area (Å²) in [6.07, 6.45) is 9.11. The van der Waals surface area contributed by atoms with E-state index in [0.29, 0.717) is 24.0 Å². The summed E-state index contributed by atoms with van der Waals surface area (Å²) in [5.74, 6) is -1.10. The number of aryl methyl sites for hydroxylation is 1. The van der Waals surface area contributed by atoms with E-state index in [4.69, 9.17) is 0 Å². The molecule has 158 valence electrons. The molecule has 1 nitrogen and oxygen atoms in total. The molecule has 1 heterocycles. The van der Waals surface area contributed by atoms with E-state index in [0.717, 1.165) is 32.5 Å². The number of benzene rings is 1. The van der Waals surface area contributed by atoms with Gasteiger partial charge in [-0.2, -0.15) is 0 Å². The average molecular weight is 392 g/mol. The molecule has 1 aromatic carbocycles. The molecule has 0 saturated carbocycles. The highest BCUT2D eigenvalue weighted by Gasteiger charge is 2.25. The second-order valence-corrected chi connectivity index (χ2v) is 9.56. The third kappa shape index (κ3) is 6.69. The van der Waals surface area contributed by atoms with Crippen LogP contribution < -0.4 is 0 Å². The Balaban J connectivity index is 2.05. The molecule has 1 unspecified atom stereocenters. The monoisotopic (exact) mass is 391 g/mol. The smallest absolute Gasteiger partial charge is 0.162 e. The second-order valence-electron chi connectivity index (χ2n) is 9.56. The zero-order chi connectivity index (χ0) is 20.7. The molecule has 1 atom stereocenters. The van der Waals surface area contributed by atoms with Crippen LogP contribution in [0, 0.1) is 23.0 Å². The normalized spacial score (nSPS) is 17.8. The summed E-state index contributed by atoms with van der Waals surface area (Å²) >= 11 is 0. The van der Waals surface area contributed by atoms with E-state index in [1.807, 2.05) is 6.07 Å². The van der Waals surface area contributed by atoms with Gasteiger partial charge in [0.2, 0.25) is 0 Å². The molecule has 1 fully saturated rings. The number of hydrogen-bond donors (Lipinski definition) is 0. The van der Waals surface area contributed by atoms with Crippen molar-refractivity contribution in [2.75, 3.05) is 19.6 Å². The molecule has 0 bridgehead atoms. The van der Waals surface area contributed by atoms with Crippen LogP contribution in [0.4, 0.5) is 8.78 Å². The maximum Gasteiger partial charge on any atom is 0.162 e. The van der Waals surface area contributed by atoms with Crippen LogP contribution in [-0.4, -0.2) is 24.5 Å². The van der Waals surface area contributed by atoms with Gasteiger partial charge in [0.25, 0.3) is 0 Å². The molecule has 0 aliphatic carbocycles. The molecule has 0 N–H and O–H groups in total. The van der Waals surface area contributed by atoms with Gasteiger partial charge in [-0.1, -0.05) is 57.9 Å². The lowest BCUT2D eigenvalue weighted by Gasteiger charge is -2.29. The summed E-state index contributed by atoms with van der Waals surface area (Å²) in [5, 5.41) is 0. The number of likely N-dealkylation sites (tertiary alicyclic amines) is 1. The lowest BCUT2D eigenvalue weighted by molar-refractivity contribution is 0.226. The highest BCUT2D eigenvalue weighted by molar-refractivity contribution is 5.28. The highest BCUT2D eigenvalue weighted by atomic mass is 19.2. The number of nitrogens with zero attached hydrogens (tertiary/aromatic N) is 1. The fraction of sp³-hybridized carbons (Fsp3) is 0.680. The van der Waals surface area contributed by atoms with Gasteiger partial charge in [0, 0.05) is 0 Å². The molecule has 0 spiro atoms. The molecule has 28 heavy (non-hydrogen) atoms. The van der Waals surface area contributed by atoms with Crippen LogP contribution in [0.2, 0.25) is 0 Å². The highest BCUT2D eigenvalue weighted by Crippen LogP contribution is 2.33. The average Bonchev–Trinajstić information content (AvgIpc) is 2.66. The van der Waals surface area contributed by atoms with Crippen molar-refractivity contribution in [3.05, 3.63) is 46.5 Å². The Kier molecular flexibility index (Phi) is 8.67. The number of allylic oxidation sites excluding steroid dienone is 2. The van der Waals surface area contributed by atoms with Crippen LogP contribution in [0.1, 0.15) is 77.8 Å². The predicted molar refractivity (Wildman–Crippen MR) is 116 cm³/mol. The maximum absolute atomic E-state index is 14.8. The first kappa shape index (κ1) is 23.1. The van der Waals surface area contributed by atoms with Crippen LogP contribution in [0.5, 0.6) is 0 Å². The van der Waals surface area contributed by atoms with Crippen LogP contribution in [0.25, 0.3) is 0 Å². The standard InChI is InChI=1S/C25H39F2N/c1-6-19(2)17-22(25(3,4)5)18-21-13-12-20(23(26)24(21)27)11-10-16-28-14-8-7-9-15-28/h12-13,17,22H,6-11,14-16,18H2,1-5H3/b19-17+. The number of rotatable bonds is 8. The summed E-state index contributed by atoms with van der Waals surface area (Å²) in [5.41, 5.74) is 2.32. The summed E-state index contributed by atoms with van der Waals surface area (Å²) in [6, 6.07) is 3.61. The number of hydrogen-bond acceptors (Lipinski definition) is 1. The maximum atomic E-state index is 14.8. The minimum Gasteiger partial charge on any atom is -0.303 e. The van der Waals surface area contributed by atoms with Gasteiger partial charge in [-0.05, 0) is 87.5 Å². The molecular formula is C25H39F2N. The summed E-state index contributed by atoms with van der Waals surface area (Å²) in [6.45, 7) is 14.0. The molecule has 1 saturated heterocycles. The lowest BCUT2D eigenvalue weighted by atomic mass is 9.76. The van der Waals surface area contributed by atoms with E-state index in [9.17, 15) is 8.78 Å². The first-order valence-corrected chi connectivity index (χ1v) is 11.1. The van der Waals surface area contributed by atoms with E-state index >= 15 is 0 Å². The SMILES string of the molecule is CC/C(C)=C/C(Cc1ccc(CCCN2CCCCC2)c(F)c1F)C(C)(C)C. The van der Waals surface area contributed by atoms with Crippen molar-refractivity contribution in [3.8, 4) is 0 Å². The molecule has 0 aromatic heterocycles. The van der Waals surface area contributed by atoms with Gasteiger partial charge in [0.1, 0.15) is 0 Å². The first-order valence-electron chi connectivity index (χ1n) is 11.1. The van der Waals surface area contributed by atoms with Crippen molar-refractivity contribution < 1.29 is 8.78 Å². The number of piperidine rings is 1. The Morgan fingerprint density at radius 2 is 1.68 bits per heavy atom. The fourth-order valence-electron chi connectivity index (χ4n) is 3.97. The zero-order valence-corrected chi connectivity index (χ0v) is 18.6. The summed E-state index contributed by atoms with van der Waals surface area (Å²) in [4.78, 5) is 2.45. The fourth-order valence-corrected chi connectivity index (χ4v) is 3.97. The second kappa shape index (κ2) is 10.5. The quantitative estimate of drug-likeness (QED) is 0.434. The minimum atomic E-state index is -0.646. The van der Waals surface area contributed by atoms with Crippen molar-refractivity contribution in [2.45, 2.75) is 79.6 Å². The Bertz CT molecular complexity index is 651. The van der Waals surface area contributed by atoms with Crippen molar-refractivity contribution >= 4 is 0 Å². The zero-order valence-electron chi connectivity index (χ0n) is 18.6. The van der Waals surface area contributed by atoms with Gasteiger partial charge >= 0.3 is 0 Å². The van der Waals surface area contributed by atoms with Crippen LogP contribution >= 0.6 is 0 Å². The minimum absolute atomic E-state index is 0.00641. The Morgan fingerprint density at radius 1 is 1.07 bits per heavy atom. The largest absolute Gasteiger partial charge is 0.303 e. The molecule has 0 amide bonds. The Hall–Kier alpha value is -1.22. The number of halogens is 2. The molecule has 1 aliphatic rings. The summed E-state index contributed by atoms with van der Waals surface area (Å²) in [7, 11) is 0. The molecule has 1 aliphatic heterocycles. The van der Waals surface area contributed by atoms with E-state index in [-0.39, 0.29) is 11.3 Å². The van der Waals surface area contributed by atoms with Gasteiger partial charge in [-0.25, -0.2) is 8.78 Å². The molecule has 2 rings (SSSR count). The van der Waals surface area contributed by atoms with Crippen molar-refractivity contribution in [1.29, 1.82) is 0 Å². The molecule has 1 aromatic rings. The Morgan fingerprint density at radius 3 is 2.29 bits per heavy atom. The van der Waals surface area contributed by atoms with Crippen molar-refractivity contribution in [2.24, 2.45) is 11.3 Å². The van der Waals surface area contributed by atoms with E-state index < -0.39 is 11.6 Å². The molecule has 3 heteroatoms. The van der Waals surface area contributed by atoms with Crippen LogP contribution in [0.3, 0.4) is 0 Å². The third-order valence-electron chi connectivity index (χ3n) is 6.21. The predicted octanol–water partition coefficient (Wildman–Crippen LogP) is 6.94. The Labute approximate surface area is 171 Å². The van der Waals surface area contributed by atoms with Gasteiger partial charge in [-0.15, -0.1) is 0 Å². The van der Waals surface area contributed by atoms with Crippen molar-refractivity contribution in [1.82, 2.24) is 4.90 Å². The van der Waals surface area contributed by atoms with Gasteiger partial charge < -0.3 is 4.90 Å².